The molecule has 0 saturated heterocycles. The summed E-state index contributed by atoms with van der Waals surface area (Å²) in [6.07, 6.45) is 1.69. The molecule has 3 aromatic heterocycles. The van der Waals surface area contributed by atoms with Crippen molar-refractivity contribution in [3.8, 4) is 0 Å². The standard InChI is InChI=1S/C13H13N3OS/c1-8-6-11-12(14-8)15-9(2)16-13(11)18-7-10-4-3-5-17-10/h3-6H,7H2,1-2H3,(H,14,15,16). The number of aryl methyl sites for hydroxylation is 2. The van der Waals surface area contributed by atoms with Crippen molar-refractivity contribution in [2.75, 3.05) is 0 Å². The van der Waals surface area contributed by atoms with Gasteiger partial charge in [-0.1, -0.05) is 11.8 Å². The summed E-state index contributed by atoms with van der Waals surface area (Å²) in [6, 6.07) is 5.96. The molecule has 3 aromatic rings. The first-order valence-electron chi connectivity index (χ1n) is 5.71. The lowest BCUT2D eigenvalue weighted by Crippen LogP contribution is -1.91. The fraction of sp³-hybridized carbons (Fsp3) is 0.231. The van der Waals surface area contributed by atoms with Gasteiger partial charge in [0.1, 0.15) is 22.3 Å². The number of thioether (sulfide) groups is 1. The zero-order valence-corrected chi connectivity index (χ0v) is 11.0. The summed E-state index contributed by atoms with van der Waals surface area (Å²) in [6.45, 7) is 3.94. The third-order valence-electron chi connectivity index (χ3n) is 2.63. The molecule has 0 aliphatic rings. The first-order chi connectivity index (χ1) is 8.72. The van der Waals surface area contributed by atoms with Gasteiger partial charge in [0.25, 0.3) is 0 Å². The van der Waals surface area contributed by atoms with Gasteiger partial charge in [0.05, 0.1) is 17.4 Å². The van der Waals surface area contributed by atoms with Crippen molar-refractivity contribution in [2.24, 2.45) is 0 Å². The number of rotatable bonds is 3. The van der Waals surface area contributed by atoms with Crippen LogP contribution in [0.4, 0.5) is 0 Å². The zero-order chi connectivity index (χ0) is 12.5. The molecule has 3 rings (SSSR count). The van der Waals surface area contributed by atoms with E-state index in [2.05, 4.69) is 21.0 Å². The molecule has 0 aliphatic heterocycles. The van der Waals surface area contributed by atoms with E-state index in [4.69, 9.17) is 4.42 Å². The molecule has 0 radical (unpaired) electrons. The van der Waals surface area contributed by atoms with Crippen LogP contribution in [0.15, 0.2) is 33.9 Å². The van der Waals surface area contributed by atoms with Crippen molar-refractivity contribution in [2.45, 2.75) is 24.6 Å². The third-order valence-corrected chi connectivity index (χ3v) is 3.64. The molecule has 0 atom stereocenters. The zero-order valence-electron chi connectivity index (χ0n) is 10.2. The Labute approximate surface area is 109 Å². The smallest absolute Gasteiger partial charge is 0.142 e. The van der Waals surface area contributed by atoms with Gasteiger partial charge in [0.15, 0.2) is 0 Å². The number of furan rings is 1. The van der Waals surface area contributed by atoms with Crippen molar-refractivity contribution in [3.05, 3.63) is 41.7 Å². The lowest BCUT2D eigenvalue weighted by molar-refractivity contribution is 0.530. The van der Waals surface area contributed by atoms with Crippen LogP contribution < -0.4 is 0 Å². The monoisotopic (exact) mass is 259 g/mol. The topological polar surface area (TPSA) is 54.7 Å². The minimum atomic E-state index is 0.781. The Bertz CT molecular complexity index is 673. The molecule has 3 heterocycles. The predicted octanol–water partition coefficient (Wildman–Crippen LogP) is 3.46. The normalized spacial score (nSPS) is 11.2. The summed E-state index contributed by atoms with van der Waals surface area (Å²) in [5.74, 6) is 2.52. The molecule has 5 heteroatoms. The van der Waals surface area contributed by atoms with E-state index in [0.717, 1.165) is 39.1 Å². The van der Waals surface area contributed by atoms with Crippen LogP contribution in [0.2, 0.25) is 0 Å². The fourth-order valence-corrected chi connectivity index (χ4v) is 2.82. The summed E-state index contributed by atoms with van der Waals surface area (Å²) in [5, 5.41) is 2.08. The molecule has 0 amide bonds. The lowest BCUT2D eigenvalue weighted by Gasteiger charge is -2.02. The highest BCUT2D eigenvalue weighted by molar-refractivity contribution is 7.98. The van der Waals surface area contributed by atoms with Crippen molar-refractivity contribution in [1.82, 2.24) is 15.0 Å². The minimum absolute atomic E-state index is 0.781. The molecule has 0 unspecified atom stereocenters. The van der Waals surface area contributed by atoms with Crippen molar-refractivity contribution < 1.29 is 4.42 Å². The second-order valence-electron chi connectivity index (χ2n) is 4.16. The van der Waals surface area contributed by atoms with Crippen molar-refractivity contribution in [3.63, 3.8) is 0 Å². The van der Waals surface area contributed by atoms with Gasteiger partial charge in [-0.05, 0) is 32.0 Å². The molecule has 1 N–H and O–H groups in total. The second kappa shape index (κ2) is 4.49. The molecule has 0 saturated carbocycles. The molecular weight excluding hydrogens is 246 g/mol. The Morgan fingerprint density at radius 1 is 1.33 bits per heavy atom. The molecule has 0 spiro atoms. The minimum Gasteiger partial charge on any atom is -0.468 e. The Balaban J connectivity index is 1.95. The molecule has 0 fully saturated rings. The largest absolute Gasteiger partial charge is 0.468 e. The van der Waals surface area contributed by atoms with Gasteiger partial charge in [-0.25, -0.2) is 9.97 Å². The molecule has 4 nitrogen and oxygen atoms in total. The van der Waals surface area contributed by atoms with Gasteiger partial charge in [-0.3, -0.25) is 0 Å². The highest BCUT2D eigenvalue weighted by Gasteiger charge is 2.09. The molecule has 0 aromatic carbocycles. The van der Waals surface area contributed by atoms with E-state index in [1.165, 1.54) is 0 Å². The maximum Gasteiger partial charge on any atom is 0.142 e. The highest BCUT2D eigenvalue weighted by Crippen LogP contribution is 2.28. The Kier molecular flexibility index (Phi) is 2.83. The molecule has 0 aliphatic carbocycles. The molecule has 18 heavy (non-hydrogen) atoms. The average Bonchev–Trinajstić information content (AvgIpc) is 2.93. The van der Waals surface area contributed by atoms with Crippen LogP contribution in [-0.4, -0.2) is 15.0 Å². The number of hydrogen-bond acceptors (Lipinski definition) is 4. The van der Waals surface area contributed by atoms with Crippen LogP contribution in [0, 0.1) is 13.8 Å². The fourth-order valence-electron chi connectivity index (χ4n) is 1.86. The number of fused-ring (bicyclic) bond motifs is 1. The van der Waals surface area contributed by atoms with E-state index >= 15 is 0 Å². The van der Waals surface area contributed by atoms with Gasteiger partial charge in [-0.15, -0.1) is 0 Å². The number of aromatic amines is 1. The van der Waals surface area contributed by atoms with Gasteiger partial charge in [-0.2, -0.15) is 0 Å². The second-order valence-corrected chi connectivity index (χ2v) is 5.12. The van der Waals surface area contributed by atoms with Crippen LogP contribution in [0.25, 0.3) is 11.0 Å². The predicted molar refractivity (Wildman–Crippen MR) is 71.6 cm³/mol. The van der Waals surface area contributed by atoms with Gasteiger partial charge in [0, 0.05) is 5.69 Å². The number of nitrogens with one attached hydrogen (secondary N) is 1. The average molecular weight is 259 g/mol. The summed E-state index contributed by atoms with van der Waals surface area (Å²) in [7, 11) is 0. The number of H-pyrrole nitrogens is 1. The summed E-state index contributed by atoms with van der Waals surface area (Å²) >= 11 is 1.67. The van der Waals surface area contributed by atoms with Crippen LogP contribution in [0.5, 0.6) is 0 Å². The first-order valence-corrected chi connectivity index (χ1v) is 6.70. The number of nitrogens with zero attached hydrogens (tertiary/aromatic N) is 2. The number of hydrogen-bond donors (Lipinski definition) is 1. The Hall–Kier alpha value is -1.75. The van der Waals surface area contributed by atoms with Crippen LogP contribution in [0.1, 0.15) is 17.3 Å². The Morgan fingerprint density at radius 3 is 3.00 bits per heavy atom. The summed E-state index contributed by atoms with van der Waals surface area (Å²) in [4.78, 5) is 12.1. The van der Waals surface area contributed by atoms with E-state index in [1.807, 2.05) is 26.0 Å². The van der Waals surface area contributed by atoms with Crippen LogP contribution in [0.3, 0.4) is 0 Å². The van der Waals surface area contributed by atoms with Crippen LogP contribution in [-0.2, 0) is 5.75 Å². The van der Waals surface area contributed by atoms with Gasteiger partial charge < -0.3 is 9.40 Å². The number of aromatic nitrogens is 3. The maximum atomic E-state index is 5.33. The van der Waals surface area contributed by atoms with E-state index in [1.54, 1.807) is 18.0 Å². The lowest BCUT2D eigenvalue weighted by atomic mass is 10.4. The van der Waals surface area contributed by atoms with Gasteiger partial charge >= 0.3 is 0 Å². The summed E-state index contributed by atoms with van der Waals surface area (Å²) in [5.41, 5.74) is 2.01. The van der Waals surface area contributed by atoms with E-state index in [9.17, 15) is 0 Å². The van der Waals surface area contributed by atoms with Gasteiger partial charge in [0.2, 0.25) is 0 Å². The highest BCUT2D eigenvalue weighted by atomic mass is 32.2. The third kappa shape index (κ3) is 2.13. The van der Waals surface area contributed by atoms with E-state index in [0.29, 0.717) is 0 Å². The van der Waals surface area contributed by atoms with E-state index < -0.39 is 0 Å². The molecule has 0 bridgehead atoms. The Morgan fingerprint density at radius 2 is 2.22 bits per heavy atom. The quantitative estimate of drug-likeness (QED) is 0.578. The van der Waals surface area contributed by atoms with E-state index in [-0.39, 0.29) is 0 Å². The maximum absolute atomic E-state index is 5.33. The first kappa shape index (κ1) is 11.3. The molecular formula is C13H13N3OS. The van der Waals surface area contributed by atoms with Crippen LogP contribution >= 0.6 is 11.8 Å². The van der Waals surface area contributed by atoms with Crippen molar-refractivity contribution in [1.29, 1.82) is 0 Å². The molecule has 92 valence electrons. The summed E-state index contributed by atoms with van der Waals surface area (Å²) < 4.78 is 5.33. The SMILES string of the molecule is Cc1nc(SCc2ccco2)c2cc(C)[nH]c2n1. The van der Waals surface area contributed by atoms with Crippen molar-refractivity contribution >= 4 is 22.8 Å².